The summed E-state index contributed by atoms with van der Waals surface area (Å²) in [4.78, 5) is 18.9. The number of benzene rings is 1. The summed E-state index contributed by atoms with van der Waals surface area (Å²) in [7, 11) is 2.22. The maximum atomic E-state index is 12.0. The summed E-state index contributed by atoms with van der Waals surface area (Å²) in [6.07, 6.45) is 2.61. The molecule has 1 unspecified atom stereocenters. The third-order valence-corrected chi connectivity index (χ3v) is 4.95. The summed E-state index contributed by atoms with van der Waals surface area (Å²) in [6.45, 7) is 8.25. The molecule has 120 valence electrons. The van der Waals surface area contributed by atoms with Gasteiger partial charge in [-0.2, -0.15) is 0 Å². The zero-order valence-electron chi connectivity index (χ0n) is 14.0. The van der Waals surface area contributed by atoms with E-state index in [4.69, 9.17) is 0 Å². The second-order valence-electron chi connectivity index (χ2n) is 6.90. The van der Waals surface area contributed by atoms with Gasteiger partial charge in [0.25, 0.3) is 0 Å². The number of hydrogen-bond acceptors (Lipinski definition) is 3. The molecule has 1 aromatic rings. The number of hydrogen-bond donors (Lipinski definition) is 0. The lowest BCUT2D eigenvalue weighted by Crippen LogP contribution is -2.51. The molecule has 2 heterocycles. The highest BCUT2D eigenvalue weighted by Gasteiger charge is 2.31. The summed E-state index contributed by atoms with van der Waals surface area (Å²) < 4.78 is 0. The topological polar surface area (TPSA) is 26.8 Å². The molecule has 4 heteroatoms. The van der Waals surface area contributed by atoms with Gasteiger partial charge in [-0.1, -0.05) is 12.1 Å². The molecule has 0 spiro atoms. The van der Waals surface area contributed by atoms with Gasteiger partial charge in [0.2, 0.25) is 5.91 Å². The van der Waals surface area contributed by atoms with Crippen LogP contribution in [0.3, 0.4) is 0 Å². The Bertz CT molecular complexity index is 545. The van der Waals surface area contributed by atoms with Crippen molar-refractivity contribution in [2.45, 2.75) is 32.7 Å². The maximum absolute atomic E-state index is 12.0. The molecule has 22 heavy (non-hydrogen) atoms. The highest BCUT2D eigenvalue weighted by atomic mass is 16.2. The standard InChI is InChI=1S/C18H27N3O/c1-14-11-20(13-16-7-6-10-19(3)12-16)17-8-4-5-9-18(17)21(14)15(2)22/h4-5,8-9,14,16H,6-7,10-13H2,1-3H3/t14-,16?/m0/s1. The number of para-hydroxylation sites is 2. The quantitative estimate of drug-likeness (QED) is 0.840. The minimum Gasteiger partial charge on any atom is -0.367 e. The van der Waals surface area contributed by atoms with Crippen LogP contribution in [0.2, 0.25) is 0 Å². The molecule has 4 nitrogen and oxygen atoms in total. The minimum absolute atomic E-state index is 0.136. The van der Waals surface area contributed by atoms with E-state index >= 15 is 0 Å². The zero-order valence-corrected chi connectivity index (χ0v) is 14.0. The van der Waals surface area contributed by atoms with E-state index < -0.39 is 0 Å². The van der Waals surface area contributed by atoms with Crippen LogP contribution in [0.1, 0.15) is 26.7 Å². The molecule has 2 aliphatic rings. The van der Waals surface area contributed by atoms with Crippen LogP contribution in [0.25, 0.3) is 0 Å². The van der Waals surface area contributed by atoms with Crippen LogP contribution in [-0.4, -0.2) is 50.1 Å². The Morgan fingerprint density at radius 2 is 1.95 bits per heavy atom. The fourth-order valence-corrected chi connectivity index (χ4v) is 4.06. The largest absolute Gasteiger partial charge is 0.367 e. The molecule has 0 radical (unpaired) electrons. The fourth-order valence-electron chi connectivity index (χ4n) is 4.06. The molecular weight excluding hydrogens is 274 g/mol. The van der Waals surface area contributed by atoms with Gasteiger partial charge in [0.1, 0.15) is 0 Å². The second kappa shape index (κ2) is 6.29. The molecule has 0 bridgehead atoms. The number of piperidine rings is 1. The van der Waals surface area contributed by atoms with Gasteiger partial charge in [0.15, 0.2) is 0 Å². The Kier molecular flexibility index (Phi) is 4.39. The number of anilines is 2. The first-order chi connectivity index (χ1) is 10.6. The van der Waals surface area contributed by atoms with E-state index in [1.54, 1.807) is 6.92 Å². The first-order valence-corrected chi connectivity index (χ1v) is 8.38. The van der Waals surface area contributed by atoms with E-state index in [0.717, 1.165) is 24.7 Å². The van der Waals surface area contributed by atoms with E-state index in [-0.39, 0.29) is 11.9 Å². The second-order valence-corrected chi connectivity index (χ2v) is 6.90. The average molecular weight is 301 g/mol. The lowest BCUT2D eigenvalue weighted by atomic mass is 9.96. The summed E-state index contributed by atoms with van der Waals surface area (Å²) in [5.74, 6) is 0.861. The van der Waals surface area contributed by atoms with Gasteiger partial charge >= 0.3 is 0 Å². The van der Waals surface area contributed by atoms with Crippen molar-refractivity contribution in [1.82, 2.24) is 4.90 Å². The Morgan fingerprint density at radius 3 is 2.64 bits per heavy atom. The van der Waals surface area contributed by atoms with Crippen LogP contribution >= 0.6 is 0 Å². The molecule has 3 rings (SSSR count). The zero-order chi connectivity index (χ0) is 15.7. The highest BCUT2D eigenvalue weighted by Crippen LogP contribution is 2.36. The smallest absolute Gasteiger partial charge is 0.224 e. The maximum Gasteiger partial charge on any atom is 0.224 e. The first kappa shape index (κ1) is 15.3. The van der Waals surface area contributed by atoms with Crippen LogP contribution < -0.4 is 9.80 Å². The minimum atomic E-state index is 0.136. The monoisotopic (exact) mass is 301 g/mol. The lowest BCUT2D eigenvalue weighted by Gasteiger charge is -2.44. The Balaban J connectivity index is 1.83. The van der Waals surface area contributed by atoms with Gasteiger partial charge in [0.05, 0.1) is 17.4 Å². The predicted octanol–water partition coefficient (Wildman–Crippen LogP) is 2.59. The van der Waals surface area contributed by atoms with Crippen molar-refractivity contribution >= 4 is 17.3 Å². The third-order valence-electron chi connectivity index (χ3n) is 4.95. The molecule has 0 aliphatic carbocycles. The number of carbonyl (C=O) groups is 1. The molecule has 0 N–H and O–H groups in total. The van der Waals surface area contributed by atoms with Crippen molar-refractivity contribution in [3.05, 3.63) is 24.3 Å². The normalized spacial score (nSPS) is 26.0. The van der Waals surface area contributed by atoms with Crippen molar-refractivity contribution < 1.29 is 4.79 Å². The Morgan fingerprint density at radius 1 is 1.23 bits per heavy atom. The van der Waals surface area contributed by atoms with E-state index in [9.17, 15) is 4.79 Å². The van der Waals surface area contributed by atoms with Crippen LogP contribution in [0.15, 0.2) is 24.3 Å². The molecule has 1 fully saturated rings. The summed E-state index contributed by atoms with van der Waals surface area (Å²) >= 11 is 0. The number of likely N-dealkylation sites (tertiary alicyclic amines) is 1. The third kappa shape index (κ3) is 2.98. The van der Waals surface area contributed by atoms with E-state index in [0.29, 0.717) is 0 Å². The summed E-state index contributed by atoms with van der Waals surface area (Å²) in [6, 6.07) is 8.57. The Hall–Kier alpha value is -1.55. The molecule has 0 saturated carbocycles. The Labute approximate surface area is 133 Å². The highest BCUT2D eigenvalue weighted by molar-refractivity contribution is 5.97. The van der Waals surface area contributed by atoms with E-state index in [2.05, 4.69) is 42.0 Å². The van der Waals surface area contributed by atoms with Crippen molar-refractivity contribution in [2.75, 3.05) is 43.0 Å². The van der Waals surface area contributed by atoms with Gasteiger partial charge in [0, 0.05) is 26.6 Å². The first-order valence-electron chi connectivity index (χ1n) is 8.38. The van der Waals surface area contributed by atoms with Crippen LogP contribution in [0.4, 0.5) is 11.4 Å². The van der Waals surface area contributed by atoms with Crippen LogP contribution in [0, 0.1) is 5.92 Å². The number of rotatable bonds is 2. The molecule has 1 aromatic carbocycles. The summed E-state index contributed by atoms with van der Waals surface area (Å²) in [5.41, 5.74) is 2.28. The fraction of sp³-hybridized carbons (Fsp3) is 0.611. The van der Waals surface area contributed by atoms with E-state index in [1.807, 2.05) is 11.0 Å². The van der Waals surface area contributed by atoms with Gasteiger partial charge in [-0.05, 0) is 51.4 Å². The average Bonchev–Trinajstić information content (AvgIpc) is 2.47. The number of fused-ring (bicyclic) bond motifs is 1. The van der Waals surface area contributed by atoms with Crippen molar-refractivity contribution in [2.24, 2.45) is 5.92 Å². The van der Waals surface area contributed by atoms with Crippen LogP contribution in [0.5, 0.6) is 0 Å². The van der Waals surface area contributed by atoms with Crippen molar-refractivity contribution in [3.8, 4) is 0 Å². The summed E-state index contributed by atoms with van der Waals surface area (Å²) in [5, 5.41) is 0. The number of amides is 1. The van der Waals surface area contributed by atoms with Crippen LogP contribution in [-0.2, 0) is 4.79 Å². The molecule has 1 saturated heterocycles. The van der Waals surface area contributed by atoms with Crippen molar-refractivity contribution in [3.63, 3.8) is 0 Å². The van der Waals surface area contributed by atoms with Gasteiger partial charge < -0.3 is 14.7 Å². The molecular formula is C18H27N3O. The SMILES string of the molecule is CC(=O)N1c2ccccc2N(CC2CCCN(C)C2)C[C@@H]1C. The van der Waals surface area contributed by atoms with Gasteiger partial charge in [-0.15, -0.1) is 0 Å². The lowest BCUT2D eigenvalue weighted by molar-refractivity contribution is -0.117. The number of carbonyl (C=O) groups excluding carboxylic acids is 1. The van der Waals surface area contributed by atoms with Crippen molar-refractivity contribution in [1.29, 1.82) is 0 Å². The number of nitrogens with zero attached hydrogens (tertiary/aromatic N) is 3. The van der Waals surface area contributed by atoms with Gasteiger partial charge in [-0.25, -0.2) is 0 Å². The molecule has 0 aromatic heterocycles. The molecule has 1 amide bonds. The van der Waals surface area contributed by atoms with E-state index in [1.165, 1.54) is 31.6 Å². The molecule has 2 aliphatic heterocycles. The molecule has 2 atom stereocenters. The predicted molar refractivity (Wildman–Crippen MR) is 91.5 cm³/mol. The van der Waals surface area contributed by atoms with Gasteiger partial charge in [-0.3, -0.25) is 4.79 Å².